The lowest BCUT2D eigenvalue weighted by Crippen LogP contribution is -2.17. The second kappa shape index (κ2) is 5.92. The molecule has 0 bridgehead atoms. The van der Waals surface area contributed by atoms with E-state index in [-0.39, 0.29) is 0 Å². The maximum absolute atomic E-state index is 5.67. The van der Waals surface area contributed by atoms with E-state index < -0.39 is 0 Å². The normalized spacial score (nSPS) is 14.5. The highest BCUT2D eigenvalue weighted by molar-refractivity contribution is 5.52. The van der Waals surface area contributed by atoms with Crippen LogP contribution in [0.3, 0.4) is 0 Å². The summed E-state index contributed by atoms with van der Waals surface area (Å²) >= 11 is 0. The van der Waals surface area contributed by atoms with E-state index in [1.807, 2.05) is 36.2 Å². The second-order valence-electron chi connectivity index (χ2n) is 5.87. The lowest BCUT2D eigenvalue weighted by molar-refractivity contribution is 0.243. The van der Waals surface area contributed by atoms with Gasteiger partial charge in [-0.3, -0.25) is 9.88 Å². The molecule has 1 saturated carbocycles. The molecule has 3 heterocycles. The SMILES string of the molecule is CN(Cc1cc(-c2ccccn2)no1)Cc1nnc(C2CC2)o1. The van der Waals surface area contributed by atoms with E-state index in [0.717, 1.165) is 35.9 Å². The standard InChI is InChI=1S/C16H17N5O2/c1-21(10-15-18-19-16(22-15)11-5-6-11)9-12-8-14(20-23-12)13-4-2-3-7-17-13/h2-4,7-8,11H,5-6,9-10H2,1H3. The molecule has 0 saturated heterocycles. The summed E-state index contributed by atoms with van der Waals surface area (Å²) in [6, 6.07) is 7.61. The van der Waals surface area contributed by atoms with Crippen LogP contribution < -0.4 is 0 Å². The van der Waals surface area contributed by atoms with E-state index in [4.69, 9.17) is 8.94 Å². The first-order chi connectivity index (χ1) is 11.3. The Balaban J connectivity index is 1.38. The van der Waals surface area contributed by atoms with Gasteiger partial charge in [-0.25, -0.2) is 0 Å². The fourth-order valence-corrected chi connectivity index (χ4v) is 2.40. The first-order valence-corrected chi connectivity index (χ1v) is 7.66. The molecule has 3 aromatic rings. The van der Waals surface area contributed by atoms with Crippen LogP contribution in [0, 0.1) is 0 Å². The summed E-state index contributed by atoms with van der Waals surface area (Å²) in [6.07, 6.45) is 4.06. The van der Waals surface area contributed by atoms with Gasteiger partial charge in [-0.05, 0) is 32.0 Å². The van der Waals surface area contributed by atoms with Crippen LogP contribution in [0.5, 0.6) is 0 Å². The van der Waals surface area contributed by atoms with E-state index in [9.17, 15) is 0 Å². The molecule has 1 aliphatic rings. The minimum Gasteiger partial charge on any atom is -0.424 e. The van der Waals surface area contributed by atoms with E-state index in [0.29, 0.717) is 24.9 Å². The van der Waals surface area contributed by atoms with Crippen LogP contribution in [-0.2, 0) is 13.1 Å². The van der Waals surface area contributed by atoms with E-state index in [1.54, 1.807) is 6.20 Å². The van der Waals surface area contributed by atoms with Crippen molar-refractivity contribution in [3.63, 3.8) is 0 Å². The first kappa shape index (κ1) is 14.1. The van der Waals surface area contributed by atoms with Gasteiger partial charge in [-0.15, -0.1) is 10.2 Å². The molecular weight excluding hydrogens is 294 g/mol. The Morgan fingerprint density at radius 3 is 2.87 bits per heavy atom. The zero-order chi connectivity index (χ0) is 15.6. The van der Waals surface area contributed by atoms with Crippen molar-refractivity contribution in [2.75, 3.05) is 7.05 Å². The van der Waals surface area contributed by atoms with Crippen molar-refractivity contribution >= 4 is 0 Å². The van der Waals surface area contributed by atoms with Crippen LogP contribution in [0.2, 0.25) is 0 Å². The van der Waals surface area contributed by atoms with Gasteiger partial charge in [0.2, 0.25) is 11.8 Å². The monoisotopic (exact) mass is 311 g/mol. The van der Waals surface area contributed by atoms with Gasteiger partial charge in [0.25, 0.3) is 0 Å². The summed E-state index contributed by atoms with van der Waals surface area (Å²) in [6.45, 7) is 1.19. The quantitative estimate of drug-likeness (QED) is 0.692. The van der Waals surface area contributed by atoms with Gasteiger partial charge in [0.05, 0.1) is 18.8 Å². The Hall–Kier alpha value is -2.54. The molecule has 118 valence electrons. The fraction of sp³-hybridized carbons (Fsp3) is 0.375. The van der Waals surface area contributed by atoms with Gasteiger partial charge in [0, 0.05) is 18.2 Å². The number of rotatable bonds is 6. The number of hydrogen-bond acceptors (Lipinski definition) is 7. The molecule has 7 heteroatoms. The van der Waals surface area contributed by atoms with Crippen LogP contribution in [0.1, 0.15) is 36.3 Å². The van der Waals surface area contributed by atoms with Gasteiger partial charge in [-0.1, -0.05) is 11.2 Å². The zero-order valence-electron chi connectivity index (χ0n) is 12.8. The Kier molecular flexibility index (Phi) is 3.63. The first-order valence-electron chi connectivity index (χ1n) is 7.66. The highest BCUT2D eigenvalue weighted by Crippen LogP contribution is 2.39. The third-order valence-electron chi connectivity index (χ3n) is 3.73. The van der Waals surface area contributed by atoms with Gasteiger partial charge < -0.3 is 8.94 Å². The maximum Gasteiger partial charge on any atom is 0.230 e. The summed E-state index contributed by atoms with van der Waals surface area (Å²) in [5.74, 6) is 2.66. The third-order valence-corrected chi connectivity index (χ3v) is 3.73. The molecule has 7 nitrogen and oxygen atoms in total. The molecule has 0 amide bonds. The second-order valence-corrected chi connectivity index (χ2v) is 5.87. The van der Waals surface area contributed by atoms with Crippen molar-refractivity contribution in [1.82, 2.24) is 25.2 Å². The lowest BCUT2D eigenvalue weighted by Gasteiger charge is -2.11. The maximum atomic E-state index is 5.67. The summed E-state index contributed by atoms with van der Waals surface area (Å²) in [5.41, 5.74) is 1.54. The zero-order valence-corrected chi connectivity index (χ0v) is 12.8. The summed E-state index contributed by atoms with van der Waals surface area (Å²) in [7, 11) is 1.98. The predicted octanol–water partition coefficient (Wildman–Crippen LogP) is 2.63. The van der Waals surface area contributed by atoms with E-state index in [1.165, 1.54) is 0 Å². The van der Waals surface area contributed by atoms with Gasteiger partial charge in [-0.2, -0.15) is 0 Å². The molecule has 1 aliphatic carbocycles. The van der Waals surface area contributed by atoms with Crippen LogP contribution >= 0.6 is 0 Å². The van der Waals surface area contributed by atoms with Gasteiger partial charge in [0.15, 0.2) is 5.76 Å². The molecule has 0 unspecified atom stereocenters. The number of hydrogen-bond donors (Lipinski definition) is 0. The molecule has 0 spiro atoms. The van der Waals surface area contributed by atoms with Crippen LogP contribution in [-0.4, -0.2) is 32.3 Å². The van der Waals surface area contributed by atoms with Crippen LogP contribution in [0.15, 0.2) is 39.4 Å². The highest BCUT2D eigenvalue weighted by atomic mass is 16.5. The van der Waals surface area contributed by atoms with Gasteiger partial charge >= 0.3 is 0 Å². The van der Waals surface area contributed by atoms with Crippen molar-refractivity contribution in [3.8, 4) is 11.4 Å². The highest BCUT2D eigenvalue weighted by Gasteiger charge is 2.29. The molecule has 3 aromatic heterocycles. The van der Waals surface area contributed by atoms with Crippen LogP contribution in [0.25, 0.3) is 11.4 Å². The minimum absolute atomic E-state index is 0.483. The van der Waals surface area contributed by atoms with Crippen molar-refractivity contribution in [2.24, 2.45) is 0 Å². The molecule has 0 aromatic carbocycles. The summed E-state index contributed by atoms with van der Waals surface area (Å²) < 4.78 is 11.1. The Labute approximate surface area is 133 Å². The van der Waals surface area contributed by atoms with Crippen molar-refractivity contribution in [1.29, 1.82) is 0 Å². The fourth-order valence-electron chi connectivity index (χ4n) is 2.40. The predicted molar refractivity (Wildman–Crippen MR) is 81.2 cm³/mol. The van der Waals surface area contributed by atoms with Gasteiger partial charge in [0.1, 0.15) is 5.69 Å². The summed E-state index contributed by atoms with van der Waals surface area (Å²) in [4.78, 5) is 6.31. The smallest absolute Gasteiger partial charge is 0.230 e. The Morgan fingerprint density at radius 1 is 1.17 bits per heavy atom. The number of aromatic nitrogens is 4. The molecule has 1 fully saturated rings. The molecule has 4 rings (SSSR count). The summed E-state index contributed by atoms with van der Waals surface area (Å²) in [5, 5.41) is 12.3. The van der Waals surface area contributed by atoms with Crippen molar-refractivity contribution in [2.45, 2.75) is 31.8 Å². The molecular formula is C16H17N5O2. The molecule has 0 radical (unpaired) electrons. The number of nitrogens with zero attached hydrogens (tertiary/aromatic N) is 5. The van der Waals surface area contributed by atoms with E-state index >= 15 is 0 Å². The van der Waals surface area contributed by atoms with E-state index in [2.05, 4.69) is 20.3 Å². The average Bonchev–Trinajstić information content (AvgIpc) is 3.14. The number of pyridine rings is 1. The molecule has 23 heavy (non-hydrogen) atoms. The third kappa shape index (κ3) is 3.29. The van der Waals surface area contributed by atoms with Crippen LogP contribution in [0.4, 0.5) is 0 Å². The van der Waals surface area contributed by atoms with Crippen molar-refractivity contribution in [3.05, 3.63) is 48.0 Å². The average molecular weight is 311 g/mol. The Bertz CT molecular complexity index is 779. The lowest BCUT2D eigenvalue weighted by atomic mass is 10.2. The Morgan fingerprint density at radius 2 is 2.09 bits per heavy atom. The molecule has 0 atom stereocenters. The molecule has 0 N–H and O–H groups in total. The molecule has 0 aliphatic heterocycles. The topological polar surface area (TPSA) is 81.1 Å². The largest absolute Gasteiger partial charge is 0.424 e. The minimum atomic E-state index is 0.483. The van der Waals surface area contributed by atoms with Crippen molar-refractivity contribution < 1.29 is 8.94 Å².